The zero-order valence-electron chi connectivity index (χ0n) is 10.6. The lowest BCUT2D eigenvalue weighted by atomic mass is 10.1. The number of hydrogen-bond donors (Lipinski definition) is 3. The number of carbonyl (C=O) groups is 1. The first-order chi connectivity index (χ1) is 7.04. The quantitative estimate of drug-likeness (QED) is 0.618. The van der Waals surface area contributed by atoms with Gasteiger partial charge >= 0.3 is 0 Å². The van der Waals surface area contributed by atoms with Gasteiger partial charge in [0.05, 0.1) is 11.3 Å². The van der Waals surface area contributed by atoms with Crippen molar-refractivity contribution >= 4 is 28.3 Å². The van der Waals surface area contributed by atoms with Gasteiger partial charge in [0.15, 0.2) is 0 Å². The summed E-state index contributed by atoms with van der Waals surface area (Å²) in [7, 11) is -3.33. The van der Waals surface area contributed by atoms with Gasteiger partial charge in [-0.25, -0.2) is 13.1 Å². The van der Waals surface area contributed by atoms with E-state index in [4.69, 9.17) is 5.73 Å². The Morgan fingerprint density at radius 2 is 1.82 bits per heavy atom. The van der Waals surface area contributed by atoms with Crippen molar-refractivity contribution in [2.75, 3.05) is 12.3 Å². The lowest BCUT2D eigenvalue weighted by Crippen LogP contribution is -2.50. The third-order valence-corrected chi connectivity index (χ3v) is 3.23. The maximum absolute atomic E-state index is 11.4. The summed E-state index contributed by atoms with van der Waals surface area (Å²) >= 11 is 0. The topological polar surface area (TPSA) is 101 Å². The van der Waals surface area contributed by atoms with Crippen LogP contribution in [-0.2, 0) is 14.8 Å². The number of amides is 1. The molecule has 0 saturated heterocycles. The summed E-state index contributed by atoms with van der Waals surface area (Å²) in [5.41, 5.74) is 4.54. The summed E-state index contributed by atoms with van der Waals surface area (Å²) in [6.45, 7) is 6.65. The third-order valence-electron chi connectivity index (χ3n) is 1.66. The molecule has 0 radical (unpaired) electrons. The zero-order chi connectivity index (χ0) is 13.0. The Morgan fingerprint density at radius 3 is 2.18 bits per heavy atom. The summed E-state index contributed by atoms with van der Waals surface area (Å²) in [5.74, 6) is -0.514. The van der Waals surface area contributed by atoms with Crippen molar-refractivity contribution in [1.82, 2.24) is 10.0 Å². The number of carbonyl (C=O) groups excluding carboxylic acids is 1. The second-order valence-electron chi connectivity index (χ2n) is 4.57. The molecule has 0 aliphatic heterocycles. The summed E-state index contributed by atoms with van der Waals surface area (Å²) in [5, 5.41) is 2.47. The Labute approximate surface area is 109 Å². The number of halogens is 1. The molecule has 17 heavy (non-hydrogen) atoms. The van der Waals surface area contributed by atoms with Crippen LogP contribution in [0.1, 0.15) is 27.7 Å². The Morgan fingerprint density at radius 1 is 1.35 bits per heavy atom. The Hall–Kier alpha value is -0.370. The van der Waals surface area contributed by atoms with E-state index in [1.165, 1.54) is 0 Å². The zero-order valence-corrected chi connectivity index (χ0v) is 12.2. The first-order valence-corrected chi connectivity index (χ1v) is 6.77. The highest BCUT2D eigenvalue weighted by atomic mass is 35.5. The molecule has 104 valence electrons. The minimum atomic E-state index is -3.33. The van der Waals surface area contributed by atoms with Gasteiger partial charge in [-0.1, -0.05) is 0 Å². The number of sulfonamides is 1. The molecule has 0 spiro atoms. The van der Waals surface area contributed by atoms with Gasteiger partial charge in [0.2, 0.25) is 15.9 Å². The molecule has 0 aromatic heterocycles. The van der Waals surface area contributed by atoms with Crippen LogP contribution in [0.15, 0.2) is 0 Å². The minimum absolute atomic E-state index is 0. The molecule has 4 N–H and O–H groups in total. The molecule has 1 amide bonds. The largest absolute Gasteiger partial charge is 0.353 e. The molecular formula is C9H22ClN3O3S. The molecule has 0 rings (SSSR count). The Balaban J connectivity index is 0. The van der Waals surface area contributed by atoms with Crippen molar-refractivity contribution < 1.29 is 13.2 Å². The van der Waals surface area contributed by atoms with Crippen LogP contribution in [0.4, 0.5) is 0 Å². The van der Waals surface area contributed by atoms with Gasteiger partial charge in [0.25, 0.3) is 0 Å². The standard InChI is InChI=1S/C9H21N3O3S.ClH/c1-7(2)12-16(14,15)6-5-11-8(13)9(3,4)10;/h7,12H,5-6,10H2,1-4H3,(H,11,13);1H. The van der Waals surface area contributed by atoms with E-state index >= 15 is 0 Å². The molecule has 0 bridgehead atoms. The van der Waals surface area contributed by atoms with Crippen molar-refractivity contribution in [3.63, 3.8) is 0 Å². The number of nitrogens with one attached hydrogen (secondary N) is 2. The van der Waals surface area contributed by atoms with Crippen LogP contribution in [0.3, 0.4) is 0 Å². The van der Waals surface area contributed by atoms with Crippen LogP contribution in [0, 0.1) is 0 Å². The minimum Gasteiger partial charge on any atom is -0.353 e. The van der Waals surface area contributed by atoms with Crippen LogP contribution < -0.4 is 15.8 Å². The Bertz CT molecular complexity index is 336. The molecule has 0 aliphatic carbocycles. The number of nitrogens with two attached hydrogens (primary N) is 1. The molecule has 0 atom stereocenters. The van der Waals surface area contributed by atoms with Crippen molar-refractivity contribution in [3.05, 3.63) is 0 Å². The van der Waals surface area contributed by atoms with Gasteiger partial charge in [-0.3, -0.25) is 4.79 Å². The maximum atomic E-state index is 11.4. The van der Waals surface area contributed by atoms with E-state index in [1.54, 1.807) is 27.7 Å². The summed E-state index contributed by atoms with van der Waals surface area (Å²) in [4.78, 5) is 11.3. The molecule has 0 aromatic rings. The van der Waals surface area contributed by atoms with E-state index < -0.39 is 15.6 Å². The lowest BCUT2D eigenvalue weighted by Gasteiger charge is -2.18. The predicted molar refractivity (Wildman–Crippen MR) is 70.6 cm³/mol. The van der Waals surface area contributed by atoms with E-state index in [0.717, 1.165) is 0 Å². The molecular weight excluding hydrogens is 266 g/mol. The summed E-state index contributed by atoms with van der Waals surface area (Å²) in [6.07, 6.45) is 0. The van der Waals surface area contributed by atoms with E-state index in [-0.39, 0.29) is 36.7 Å². The van der Waals surface area contributed by atoms with Crippen molar-refractivity contribution in [1.29, 1.82) is 0 Å². The van der Waals surface area contributed by atoms with E-state index in [2.05, 4.69) is 10.0 Å². The highest BCUT2D eigenvalue weighted by molar-refractivity contribution is 7.89. The average Bonchev–Trinajstić information content (AvgIpc) is 1.98. The fourth-order valence-electron chi connectivity index (χ4n) is 0.945. The first kappa shape index (κ1) is 19.0. The van der Waals surface area contributed by atoms with Crippen molar-refractivity contribution in [2.24, 2.45) is 5.73 Å². The molecule has 0 heterocycles. The fourth-order valence-corrected chi connectivity index (χ4v) is 2.15. The molecule has 0 fully saturated rings. The van der Waals surface area contributed by atoms with Gasteiger partial charge in [0, 0.05) is 12.6 Å². The fraction of sp³-hybridized carbons (Fsp3) is 0.889. The number of rotatable bonds is 6. The molecule has 6 nitrogen and oxygen atoms in total. The highest BCUT2D eigenvalue weighted by Gasteiger charge is 2.22. The monoisotopic (exact) mass is 287 g/mol. The molecule has 0 unspecified atom stereocenters. The average molecular weight is 288 g/mol. The predicted octanol–water partition coefficient (Wildman–Crippen LogP) is -0.410. The Kier molecular flexibility index (Phi) is 7.98. The van der Waals surface area contributed by atoms with Gasteiger partial charge in [-0.2, -0.15) is 0 Å². The van der Waals surface area contributed by atoms with E-state index in [0.29, 0.717) is 0 Å². The SMILES string of the molecule is CC(C)NS(=O)(=O)CCNC(=O)C(C)(C)N.Cl. The molecule has 0 aliphatic rings. The van der Waals surface area contributed by atoms with Crippen LogP contribution >= 0.6 is 12.4 Å². The summed E-state index contributed by atoms with van der Waals surface area (Å²) < 4.78 is 25.2. The van der Waals surface area contributed by atoms with E-state index in [9.17, 15) is 13.2 Å². The smallest absolute Gasteiger partial charge is 0.239 e. The highest BCUT2D eigenvalue weighted by Crippen LogP contribution is 1.95. The van der Waals surface area contributed by atoms with E-state index in [1.807, 2.05) is 0 Å². The second-order valence-corrected chi connectivity index (χ2v) is 6.44. The normalized spacial score (nSPS) is 12.1. The molecule has 8 heteroatoms. The van der Waals surface area contributed by atoms with Gasteiger partial charge < -0.3 is 11.1 Å². The second kappa shape index (κ2) is 7.15. The van der Waals surface area contributed by atoms with Gasteiger partial charge in [-0.15, -0.1) is 12.4 Å². The summed E-state index contributed by atoms with van der Waals surface area (Å²) in [6, 6.07) is -0.147. The first-order valence-electron chi connectivity index (χ1n) is 5.12. The van der Waals surface area contributed by atoms with Crippen molar-refractivity contribution in [2.45, 2.75) is 39.3 Å². The van der Waals surface area contributed by atoms with Crippen LogP contribution in [0.5, 0.6) is 0 Å². The third kappa shape index (κ3) is 9.34. The lowest BCUT2D eigenvalue weighted by molar-refractivity contribution is -0.125. The van der Waals surface area contributed by atoms with Crippen LogP contribution in [0.25, 0.3) is 0 Å². The molecule has 0 saturated carbocycles. The maximum Gasteiger partial charge on any atom is 0.239 e. The number of hydrogen-bond acceptors (Lipinski definition) is 4. The van der Waals surface area contributed by atoms with Crippen molar-refractivity contribution in [3.8, 4) is 0 Å². The van der Waals surface area contributed by atoms with Crippen LogP contribution in [0.2, 0.25) is 0 Å². The van der Waals surface area contributed by atoms with Gasteiger partial charge in [-0.05, 0) is 27.7 Å². The van der Waals surface area contributed by atoms with Gasteiger partial charge in [0.1, 0.15) is 0 Å². The molecule has 0 aromatic carbocycles. The van der Waals surface area contributed by atoms with Crippen LogP contribution in [-0.4, -0.2) is 38.2 Å².